The molecule has 0 bridgehead atoms. The maximum atomic E-state index is 12.7. The molecule has 0 aliphatic carbocycles. The molecule has 0 saturated carbocycles. The van der Waals surface area contributed by atoms with E-state index in [1.165, 1.54) is 16.1 Å². The molecule has 1 aromatic heterocycles. The number of methoxy groups -OCH3 is 1. The number of ether oxygens (including phenoxy) is 2. The number of hydrogen-bond donors (Lipinski definition) is 1. The Bertz CT molecular complexity index is 938. The molecule has 2 saturated heterocycles. The number of morpholine rings is 1. The molecular weight excluding hydrogens is 416 g/mol. The Morgan fingerprint density at radius 1 is 1.06 bits per heavy atom. The molecule has 1 unspecified atom stereocenters. The van der Waals surface area contributed by atoms with Gasteiger partial charge in [0.25, 0.3) is 0 Å². The van der Waals surface area contributed by atoms with Crippen LogP contribution in [0.3, 0.4) is 0 Å². The van der Waals surface area contributed by atoms with Crippen molar-refractivity contribution in [2.75, 3.05) is 58.4 Å². The number of pyridine rings is 1. The third-order valence-corrected chi connectivity index (χ3v) is 7.78. The van der Waals surface area contributed by atoms with E-state index < -0.39 is 10.0 Å². The minimum Gasteiger partial charge on any atom is -0.497 e. The first-order chi connectivity index (χ1) is 15.1. The Labute approximate surface area is 184 Å². The van der Waals surface area contributed by atoms with Gasteiger partial charge >= 0.3 is 0 Å². The fraction of sp³-hybridized carbons (Fsp3) is 0.500. The second-order valence-corrected chi connectivity index (χ2v) is 9.75. The van der Waals surface area contributed by atoms with Crippen LogP contribution in [0.4, 0.5) is 5.82 Å². The summed E-state index contributed by atoms with van der Waals surface area (Å²) in [5, 5.41) is 3.38. The van der Waals surface area contributed by atoms with Crippen molar-refractivity contribution >= 4 is 15.8 Å². The minimum absolute atomic E-state index is 0.143. The van der Waals surface area contributed by atoms with E-state index in [-0.39, 0.29) is 10.9 Å². The van der Waals surface area contributed by atoms with Crippen molar-refractivity contribution in [3.8, 4) is 5.75 Å². The molecule has 168 valence electrons. The van der Waals surface area contributed by atoms with Crippen LogP contribution in [0.1, 0.15) is 24.4 Å². The van der Waals surface area contributed by atoms with E-state index >= 15 is 0 Å². The molecule has 0 spiro atoms. The number of rotatable bonds is 8. The highest BCUT2D eigenvalue weighted by Gasteiger charge is 2.27. The molecule has 4 rings (SSSR count). The lowest BCUT2D eigenvalue weighted by atomic mass is 10.0. The van der Waals surface area contributed by atoms with Crippen molar-refractivity contribution in [1.29, 1.82) is 0 Å². The van der Waals surface area contributed by atoms with Gasteiger partial charge in [-0.15, -0.1) is 0 Å². The van der Waals surface area contributed by atoms with Gasteiger partial charge in [-0.2, -0.15) is 4.31 Å². The summed E-state index contributed by atoms with van der Waals surface area (Å²) >= 11 is 0. The SMILES string of the molecule is COc1ccc(C(CNc2ccc(S(=O)(=O)N3CCCC3)cn2)N2CCOCC2)cc1. The smallest absolute Gasteiger partial charge is 0.244 e. The average Bonchev–Trinajstić information content (AvgIpc) is 3.37. The van der Waals surface area contributed by atoms with E-state index in [0.717, 1.165) is 31.7 Å². The number of benzene rings is 1. The highest BCUT2D eigenvalue weighted by molar-refractivity contribution is 7.89. The van der Waals surface area contributed by atoms with Gasteiger partial charge in [-0.1, -0.05) is 12.1 Å². The lowest BCUT2D eigenvalue weighted by Crippen LogP contribution is -2.41. The quantitative estimate of drug-likeness (QED) is 0.666. The fourth-order valence-corrected chi connectivity index (χ4v) is 5.55. The van der Waals surface area contributed by atoms with Crippen molar-refractivity contribution in [2.45, 2.75) is 23.8 Å². The summed E-state index contributed by atoms with van der Waals surface area (Å²) in [7, 11) is -1.78. The van der Waals surface area contributed by atoms with Crippen molar-refractivity contribution in [3.63, 3.8) is 0 Å². The minimum atomic E-state index is -3.44. The van der Waals surface area contributed by atoms with Gasteiger partial charge in [0.1, 0.15) is 16.5 Å². The maximum Gasteiger partial charge on any atom is 0.244 e. The van der Waals surface area contributed by atoms with Crippen LogP contribution < -0.4 is 10.1 Å². The second kappa shape index (κ2) is 9.95. The molecule has 2 fully saturated rings. The zero-order chi connectivity index (χ0) is 21.7. The van der Waals surface area contributed by atoms with Gasteiger partial charge in [0.2, 0.25) is 10.0 Å². The largest absolute Gasteiger partial charge is 0.497 e. The predicted octanol–water partition coefficient (Wildman–Crippen LogP) is 2.36. The number of sulfonamides is 1. The first-order valence-corrected chi connectivity index (χ1v) is 12.2. The lowest BCUT2D eigenvalue weighted by molar-refractivity contribution is 0.0187. The van der Waals surface area contributed by atoms with Crippen molar-refractivity contribution < 1.29 is 17.9 Å². The van der Waals surface area contributed by atoms with E-state index in [1.807, 2.05) is 12.1 Å². The first-order valence-electron chi connectivity index (χ1n) is 10.7. The molecule has 3 heterocycles. The first kappa shape index (κ1) is 22.0. The van der Waals surface area contributed by atoms with Crippen molar-refractivity contribution in [2.24, 2.45) is 0 Å². The van der Waals surface area contributed by atoms with Crippen LogP contribution in [-0.2, 0) is 14.8 Å². The Kier molecular flexibility index (Phi) is 7.06. The number of nitrogens with zero attached hydrogens (tertiary/aromatic N) is 3. The van der Waals surface area contributed by atoms with Gasteiger partial charge in [0.05, 0.1) is 26.4 Å². The third kappa shape index (κ3) is 5.17. The predicted molar refractivity (Wildman–Crippen MR) is 119 cm³/mol. The fourth-order valence-electron chi connectivity index (χ4n) is 4.09. The molecular formula is C22H30N4O4S. The second-order valence-electron chi connectivity index (χ2n) is 7.81. The summed E-state index contributed by atoms with van der Waals surface area (Å²) in [6, 6.07) is 11.6. The van der Waals surface area contributed by atoms with Crippen LogP contribution in [0.2, 0.25) is 0 Å². The Balaban J connectivity index is 1.46. The molecule has 2 aliphatic rings. The number of hydrogen-bond acceptors (Lipinski definition) is 7. The highest BCUT2D eigenvalue weighted by atomic mass is 32.2. The van der Waals surface area contributed by atoms with E-state index in [4.69, 9.17) is 9.47 Å². The zero-order valence-electron chi connectivity index (χ0n) is 17.9. The van der Waals surface area contributed by atoms with Crippen LogP contribution in [0.5, 0.6) is 5.75 Å². The van der Waals surface area contributed by atoms with Gasteiger partial charge in [0.15, 0.2) is 0 Å². The van der Waals surface area contributed by atoms with Gasteiger partial charge < -0.3 is 14.8 Å². The summed E-state index contributed by atoms with van der Waals surface area (Å²) in [5.74, 6) is 1.49. The van der Waals surface area contributed by atoms with Gasteiger partial charge in [0, 0.05) is 38.9 Å². The van der Waals surface area contributed by atoms with E-state index in [2.05, 4.69) is 27.3 Å². The molecule has 1 aromatic carbocycles. The van der Waals surface area contributed by atoms with E-state index in [9.17, 15) is 8.42 Å². The summed E-state index contributed by atoms with van der Waals surface area (Å²) in [6.45, 7) is 4.98. The van der Waals surface area contributed by atoms with E-state index in [1.54, 1.807) is 19.2 Å². The molecule has 1 N–H and O–H groups in total. The zero-order valence-corrected chi connectivity index (χ0v) is 18.7. The van der Waals surface area contributed by atoms with E-state index in [0.29, 0.717) is 38.7 Å². The molecule has 0 radical (unpaired) electrons. The number of anilines is 1. The highest BCUT2D eigenvalue weighted by Crippen LogP contribution is 2.25. The summed E-state index contributed by atoms with van der Waals surface area (Å²) in [6.07, 6.45) is 3.29. The molecule has 2 aromatic rings. The maximum absolute atomic E-state index is 12.7. The van der Waals surface area contributed by atoms with Gasteiger partial charge in [-0.3, -0.25) is 4.90 Å². The van der Waals surface area contributed by atoms with Crippen LogP contribution in [0.25, 0.3) is 0 Å². The molecule has 0 amide bonds. The summed E-state index contributed by atoms with van der Waals surface area (Å²) in [4.78, 5) is 7.02. The third-order valence-electron chi connectivity index (χ3n) is 5.90. The number of nitrogens with one attached hydrogen (secondary N) is 1. The Morgan fingerprint density at radius 2 is 1.77 bits per heavy atom. The lowest BCUT2D eigenvalue weighted by Gasteiger charge is -2.35. The Hall–Kier alpha value is -2.20. The van der Waals surface area contributed by atoms with Crippen LogP contribution in [0.15, 0.2) is 47.5 Å². The van der Waals surface area contributed by atoms with Crippen molar-refractivity contribution in [3.05, 3.63) is 48.2 Å². The molecule has 9 heteroatoms. The number of aromatic nitrogens is 1. The van der Waals surface area contributed by atoms with Gasteiger partial charge in [-0.25, -0.2) is 13.4 Å². The Morgan fingerprint density at radius 3 is 2.39 bits per heavy atom. The average molecular weight is 447 g/mol. The standard InChI is InChI=1S/C22H30N4O4S/c1-29-19-6-4-18(5-7-19)21(25-12-14-30-15-13-25)17-24-22-9-8-20(16-23-22)31(27,28)26-10-2-3-11-26/h4-9,16,21H,2-3,10-15,17H2,1H3,(H,23,24). The summed E-state index contributed by atoms with van der Waals surface area (Å²) < 4.78 is 37.7. The van der Waals surface area contributed by atoms with Crippen molar-refractivity contribution in [1.82, 2.24) is 14.2 Å². The molecule has 2 aliphatic heterocycles. The van der Waals surface area contributed by atoms with Crippen LogP contribution in [-0.4, -0.2) is 75.7 Å². The topological polar surface area (TPSA) is 84.0 Å². The van der Waals surface area contributed by atoms with Crippen LogP contribution in [0, 0.1) is 0 Å². The van der Waals surface area contributed by atoms with Gasteiger partial charge in [-0.05, 0) is 42.7 Å². The monoisotopic (exact) mass is 446 g/mol. The molecule has 1 atom stereocenters. The molecule has 31 heavy (non-hydrogen) atoms. The normalized spacial score (nSPS) is 19.3. The summed E-state index contributed by atoms with van der Waals surface area (Å²) in [5.41, 5.74) is 1.18. The van der Waals surface area contributed by atoms with Crippen LogP contribution >= 0.6 is 0 Å². The molecule has 8 nitrogen and oxygen atoms in total.